The highest BCUT2D eigenvalue weighted by molar-refractivity contribution is 5.77. The number of rotatable bonds is 4. The monoisotopic (exact) mass is 280 g/mol. The van der Waals surface area contributed by atoms with E-state index in [1.165, 1.54) is 14.2 Å². The average molecular weight is 280 g/mol. The molecule has 7 nitrogen and oxygen atoms in total. The molecule has 0 aliphatic carbocycles. The first kappa shape index (κ1) is 14.1. The number of ether oxygens (including phenoxy) is 2. The van der Waals surface area contributed by atoms with Crippen molar-refractivity contribution in [3.8, 4) is 11.5 Å². The second-order valence-electron chi connectivity index (χ2n) is 4.54. The summed E-state index contributed by atoms with van der Waals surface area (Å²) in [6.07, 6.45) is 0.388. The number of carbonyl (C=O) groups is 1. The predicted molar refractivity (Wildman–Crippen MR) is 70.4 cm³/mol. The summed E-state index contributed by atoms with van der Waals surface area (Å²) in [6.45, 7) is 0. The molecule has 1 aliphatic heterocycles. The number of methoxy groups -OCH3 is 2. The van der Waals surface area contributed by atoms with Gasteiger partial charge in [-0.1, -0.05) is 0 Å². The molecule has 1 heterocycles. The molecule has 0 unspecified atom stereocenters. The van der Waals surface area contributed by atoms with Gasteiger partial charge in [-0.05, 0) is 12.1 Å². The Hall–Kier alpha value is -2.31. The van der Waals surface area contributed by atoms with Crippen LogP contribution in [0.15, 0.2) is 18.2 Å². The van der Waals surface area contributed by atoms with Crippen LogP contribution in [-0.2, 0) is 4.79 Å². The molecule has 1 amide bonds. The van der Waals surface area contributed by atoms with E-state index in [0.29, 0.717) is 17.1 Å². The first-order chi connectivity index (χ1) is 9.56. The third-order valence-corrected chi connectivity index (χ3v) is 3.41. The summed E-state index contributed by atoms with van der Waals surface area (Å²) >= 11 is 0. The van der Waals surface area contributed by atoms with E-state index in [4.69, 9.17) is 9.47 Å². The van der Waals surface area contributed by atoms with Gasteiger partial charge < -0.3 is 14.8 Å². The van der Waals surface area contributed by atoms with E-state index >= 15 is 0 Å². The Morgan fingerprint density at radius 2 is 2.10 bits per heavy atom. The van der Waals surface area contributed by atoms with Crippen LogP contribution in [0.3, 0.4) is 0 Å². The van der Waals surface area contributed by atoms with Gasteiger partial charge in [0.05, 0.1) is 14.2 Å². The number of nitro groups is 1. The molecule has 108 valence electrons. The van der Waals surface area contributed by atoms with Crippen LogP contribution in [0.4, 0.5) is 0 Å². The lowest BCUT2D eigenvalue weighted by Crippen LogP contribution is -2.45. The number of amides is 1. The molecule has 0 bridgehead atoms. The van der Waals surface area contributed by atoms with Crippen molar-refractivity contribution < 1.29 is 19.2 Å². The van der Waals surface area contributed by atoms with Crippen LogP contribution in [-0.4, -0.2) is 31.1 Å². The number of hydrogen-bond donors (Lipinski definition) is 1. The fourth-order valence-electron chi connectivity index (χ4n) is 2.37. The highest BCUT2D eigenvalue weighted by Crippen LogP contribution is 2.34. The van der Waals surface area contributed by atoms with Gasteiger partial charge in [0.1, 0.15) is 17.5 Å². The maximum Gasteiger partial charge on any atom is 0.237 e. The molecule has 1 aromatic rings. The zero-order chi connectivity index (χ0) is 14.7. The smallest absolute Gasteiger partial charge is 0.237 e. The van der Waals surface area contributed by atoms with Crippen molar-refractivity contribution in [3.05, 3.63) is 33.9 Å². The standard InChI is InChI=1S/C13H16N2O5/c1-19-8-3-4-9(11(7-8)20-2)13-10(15(17)18)5-6-12(16)14-13/h3-4,7,10,13H,5-6H2,1-2H3,(H,14,16)/t10-,13-/m0/s1. The molecular formula is C13H16N2O5. The summed E-state index contributed by atoms with van der Waals surface area (Å²) in [5.74, 6) is 0.861. The zero-order valence-corrected chi connectivity index (χ0v) is 11.3. The SMILES string of the molecule is COc1ccc([C@@H]2NC(=O)CC[C@@H]2[N+](=O)[O-])c(OC)c1. The van der Waals surface area contributed by atoms with Crippen molar-refractivity contribution in [1.82, 2.24) is 5.32 Å². The maximum absolute atomic E-state index is 11.5. The summed E-state index contributed by atoms with van der Waals surface area (Å²) in [5.41, 5.74) is 0.586. The highest BCUT2D eigenvalue weighted by atomic mass is 16.6. The first-order valence-electron chi connectivity index (χ1n) is 6.21. The van der Waals surface area contributed by atoms with Crippen LogP contribution in [0.1, 0.15) is 24.4 Å². The van der Waals surface area contributed by atoms with Gasteiger partial charge in [-0.25, -0.2) is 0 Å². The number of carbonyl (C=O) groups excluding carboxylic acids is 1. The third-order valence-electron chi connectivity index (χ3n) is 3.41. The molecule has 1 fully saturated rings. The minimum atomic E-state index is -0.852. The zero-order valence-electron chi connectivity index (χ0n) is 11.3. The van der Waals surface area contributed by atoms with Crippen molar-refractivity contribution in [2.24, 2.45) is 0 Å². The van der Waals surface area contributed by atoms with Crippen LogP contribution in [0, 0.1) is 10.1 Å². The minimum Gasteiger partial charge on any atom is -0.497 e. The number of benzene rings is 1. The number of hydrogen-bond acceptors (Lipinski definition) is 5. The Morgan fingerprint density at radius 3 is 2.70 bits per heavy atom. The molecule has 2 atom stereocenters. The van der Waals surface area contributed by atoms with Crippen LogP contribution < -0.4 is 14.8 Å². The van der Waals surface area contributed by atoms with Crippen LogP contribution in [0.25, 0.3) is 0 Å². The van der Waals surface area contributed by atoms with Gasteiger partial charge in [0.25, 0.3) is 0 Å². The van der Waals surface area contributed by atoms with E-state index in [2.05, 4.69) is 5.32 Å². The third kappa shape index (κ3) is 2.66. The number of piperidine rings is 1. The van der Waals surface area contributed by atoms with Gasteiger partial charge in [-0.15, -0.1) is 0 Å². The molecule has 1 N–H and O–H groups in total. The molecule has 1 aromatic carbocycles. The van der Waals surface area contributed by atoms with Gasteiger partial charge in [-0.2, -0.15) is 0 Å². The molecule has 7 heteroatoms. The van der Waals surface area contributed by atoms with E-state index < -0.39 is 12.1 Å². The molecule has 2 rings (SSSR count). The van der Waals surface area contributed by atoms with Crippen molar-refractivity contribution in [1.29, 1.82) is 0 Å². The van der Waals surface area contributed by atoms with Gasteiger partial charge in [0.2, 0.25) is 11.9 Å². The highest BCUT2D eigenvalue weighted by Gasteiger charge is 2.39. The normalized spacial score (nSPS) is 22.0. The Balaban J connectivity index is 2.40. The number of nitrogens with zero attached hydrogens (tertiary/aromatic N) is 1. The fourth-order valence-corrected chi connectivity index (χ4v) is 2.37. The van der Waals surface area contributed by atoms with Crippen molar-refractivity contribution >= 4 is 5.91 Å². The molecule has 0 aromatic heterocycles. The van der Waals surface area contributed by atoms with Crippen molar-refractivity contribution in [2.75, 3.05) is 14.2 Å². The topological polar surface area (TPSA) is 90.7 Å². The molecular weight excluding hydrogens is 264 g/mol. The van der Waals surface area contributed by atoms with Gasteiger partial charge in [0.15, 0.2) is 0 Å². The largest absolute Gasteiger partial charge is 0.497 e. The van der Waals surface area contributed by atoms with E-state index in [0.717, 1.165) is 0 Å². The quantitative estimate of drug-likeness (QED) is 0.663. The second kappa shape index (κ2) is 5.77. The van der Waals surface area contributed by atoms with Crippen molar-refractivity contribution in [3.63, 3.8) is 0 Å². The van der Waals surface area contributed by atoms with E-state index in [9.17, 15) is 14.9 Å². The van der Waals surface area contributed by atoms with Gasteiger partial charge >= 0.3 is 0 Å². The van der Waals surface area contributed by atoms with Crippen LogP contribution in [0.5, 0.6) is 11.5 Å². The summed E-state index contributed by atoms with van der Waals surface area (Å²) in [6, 6.07) is 3.48. The molecule has 0 spiro atoms. The maximum atomic E-state index is 11.5. The van der Waals surface area contributed by atoms with Crippen LogP contribution >= 0.6 is 0 Å². The molecule has 1 aliphatic rings. The predicted octanol–water partition coefficient (Wildman–Crippen LogP) is 1.30. The summed E-state index contributed by atoms with van der Waals surface area (Å²) in [4.78, 5) is 22.3. The Bertz CT molecular complexity index is 531. The van der Waals surface area contributed by atoms with E-state index in [1.54, 1.807) is 18.2 Å². The van der Waals surface area contributed by atoms with Gasteiger partial charge in [0, 0.05) is 29.4 Å². The first-order valence-corrected chi connectivity index (χ1v) is 6.21. The lowest BCUT2D eigenvalue weighted by Gasteiger charge is -2.28. The Labute approximate surface area is 116 Å². The van der Waals surface area contributed by atoms with E-state index in [-0.39, 0.29) is 23.7 Å². The molecule has 0 radical (unpaired) electrons. The summed E-state index contributed by atoms with van der Waals surface area (Å²) < 4.78 is 10.3. The molecule has 1 saturated heterocycles. The molecule has 0 saturated carbocycles. The summed E-state index contributed by atoms with van der Waals surface area (Å²) in [7, 11) is 3.00. The Kier molecular flexibility index (Phi) is 4.07. The van der Waals surface area contributed by atoms with E-state index in [1.807, 2.05) is 0 Å². The van der Waals surface area contributed by atoms with Gasteiger partial charge in [-0.3, -0.25) is 14.9 Å². The summed E-state index contributed by atoms with van der Waals surface area (Å²) in [5, 5.41) is 13.8. The second-order valence-corrected chi connectivity index (χ2v) is 4.54. The lowest BCUT2D eigenvalue weighted by atomic mass is 9.91. The number of nitrogens with one attached hydrogen (secondary N) is 1. The average Bonchev–Trinajstić information content (AvgIpc) is 2.46. The lowest BCUT2D eigenvalue weighted by molar-refractivity contribution is -0.529. The van der Waals surface area contributed by atoms with Crippen molar-refractivity contribution in [2.45, 2.75) is 24.9 Å². The van der Waals surface area contributed by atoms with Crippen LogP contribution in [0.2, 0.25) is 0 Å². The fraction of sp³-hybridized carbons (Fsp3) is 0.462. The molecule has 20 heavy (non-hydrogen) atoms. The minimum absolute atomic E-state index is 0.167. The Morgan fingerprint density at radius 1 is 1.35 bits per heavy atom.